The van der Waals surface area contributed by atoms with Crippen molar-refractivity contribution in [3.8, 4) is 0 Å². The van der Waals surface area contributed by atoms with E-state index >= 15 is 0 Å². The monoisotopic (exact) mass is 286 g/mol. The van der Waals surface area contributed by atoms with Crippen molar-refractivity contribution in [1.82, 2.24) is 0 Å². The zero-order chi connectivity index (χ0) is 12.1. The van der Waals surface area contributed by atoms with E-state index in [0.717, 1.165) is 18.4 Å². The molecule has 0 aliphatic carbocycles. The van der Waals surface area contributed by atoms with Crippen LogP contribution < -0.4 is 0 Å². The number of rotatable bonds is 5. The third-order valence-corrected chi connectivity index (χ3v) is 3.03. The molecule has 1 aromatic carbocycles. The summed E-state index contributed by atoms with van der Waals surface area (Å²) in [4.78, 5) is 11.8. The Kier molecular flexibility index (Phi) is 5.13. The highest BCUT2D eigenvalue weighted by Gasteiger charge is 2.13. The molecule has 1 rings (SSSR count). The molecule has 0 aromatic heterocycles. The maximum atomic E-state index is 13.1. The van der Waals surface area contributed by atoms with Gasteiger partial charge >= 0.3 is 0 Å². The van der Waals surface area contributed by atoms with Gasteiger partial charge in [-0.25, -0.2) is 4.39 Å². The lowest BCUT2D eigenvalue weighted by atomic mass is 9.96. The fourth-order valence-corrected chi connectivity index (χ4v) is 2.20. The molecule has 0 heterocycles. The van der Waals surface area contributed by atoms with Gasteiger partial charge in [0, 0.05) is 16.8 Å². The van der Waals surface area contributed by atoms with E-state index in [-0.39, 0.29) is 17.5 Å². The summed E-state index contributed by atoms with van der Waals surface area (Å²) in [5.41, 5.74) is 0.736. The van der Waals surface area contributed by atoms with Crippen LogP contribution >= 0.6 is 15.9 Å². The highest BCUT2D eigenvalue weighted by molar-refractivity contribution is 9.10. The van der Waals surface area contributed by atoms with Crippen molar-refractivity contribution >= 4 is 21.7 Å². The van der Waals surface area contributed by atoms with Crippen LogP contribution in [0.1, 0.15) is 32.3 Å². The van der Waals surface area contributed by atoms with Crippen molar-refractivity contribution in [2.24, 2.45) is 5.92 Å². The van der Waals surface area contributed by atoms with Gasteiger partial charge in [0.2, 0.25) is 0 Å². The van der Waals surface area contributed by atoms with E-state index in [1.807, 2.05) is 6.92 Å². The van der Waals surface area contributed by atoms with Crippen LogP contribution in [0.5, 0.6) is 0 Å². The molecule has 1 atom stereocenters. The number of hydrogen-bond donors (Lipinski definition) is 0. The van der Waals surface area contributed by atoms with Crippen molar-refractivity contribution in [3.05, 3.63) is 34.1 Å². The second-order valence-corrected chi connectivity index (χ2v) is 5.03. The quantitative estimate of drug-likeness (QED) is 0.795. The van der Waals surface area contributed by atoms with Gasteiger partial charge in [-0.15, -0.1) is 0 Å². The normalized spacial score (nSPS) is 12.5. The van der Waals surface area contributed by atoms with Crippen LogP contribution in [0.2, 0.25) is 0 Å². The number of hydrogen-bond acceptors (Lipinski definition) is 1. The Bertz CT molecular complexity index is 356. The second-order valence-electron chi connectivity index (χ2n) is 4.11. The number of benzene rings is 1. The predicted molar refractivity (Wildman–Crippen MR) is 66.9 cm³/mol. The van der Waals surface area contributed by atoms with Crippen LogP contribution in [0, 0.1) is 11.7 Å². The maximum Gasteiger partial charge on any atom is 0.140 e. The molecule has 0 aliphatic heterocycles. The average molecular weight is 287 g/mol. The first kappa shape index (κ1) is 13.4. The Labute approximate surface area is 104 Å². The standard InChI is InChI=1S/C13H16BrFO/c1-3-4-9(2)13(16)7-10-5-11(14)8-12(15)6-10/h5-6,8-9H,3-4,7H2,1-2H3. The number of ketones is 1. The topological polar surface area (TPSA) is 17.1 Å². The molecule has 3 heteroatoms. The summed E-state index contributed by atoms with van der Waals surface area (Å²) in [6.45, 7) is 3.99. The summed E-state index contributed by atoms with van der Waals surface area (Å²) in [7, 11) is 0. The third kappa shape index (κ3) is 4.05. The van der Waals surface area contributed by atoms with Gasteiger partial charge in [0.05, 0.1) is 0 Å². The van der Waals surface area contributed by atoms with Crippen LogP contribution in [0.4, 0.5) is 4.39 Å². The minimum atomic E-state index is -0.305. The van der Waals surface area contributed by atoms with Gasteiger partial charge in [-0.3, -0.25) is 4.79 Å². The van der Waals surface area contributed by atoms with E-state index in [2.05, 4.69) is 22.9 Å². The smallest absolute Gasteiger partial charge is 0.140 e. The number of carbonyl (C=O) groups is 1. The van der Waals surface area contributed by atoms with Gasteiger partial charge in [-0.1, -0.05) is 36.2 Å². The summed E-state index contributed by atoms with van der Waals surface area (Å²) in [6.07, 6.45) is 2.21. The van der Waals surface area contributed by atoms with Crippen LogP contribution in [0.25, 0.3) is 0 Å². The maximum absolute atomic E-state index is 13.1. The lowest BCUT2D eigenvalue weighted by Gasteiger charge is -2.09. The molecule has 0 fully saturated rings. The largest absolute Gasteiger partial charge is 0.299 e. The molecule has 1 aromatic rings. The first-order chi connectivity index (χ1) is 7.52. The van der Waals surface area contributed by atoms with Crippen LogP contribution in [-0.2, 0) is 11.2 Å². The molecular formula is C13H16BrFO. The Hall–Kier alpha value is -0.700. The minimum absolute atomic E-state index is 0.0621. The Morgan fingerprint density at radius 3 is 2.69 bits per heavy atom. The Morgan fingerprint density at radius 1 is 1.44 bits per heavy atom. The SMILES string of the molecule is CCCC(C)C(=O)Cc1cc(F)cc(Br)c1. The molecule has 1 nitrogen and oxygen atoms in total. The molecule has 1 unspecified atom stereocenters. The Morgan fingerprint density at radius 2 is 2.12 bits per heavy atom. The van der Waals surface area contributed by atoms with Crippen molar-refractivity contribution in [3.63, 3.8) is 0 Å². The minimum Gasteiger partial charge on any atom is -0.299 e. The van der Waals surface area contributed by atoms with Crippen molar-refractivity contribution < 1.29 is 9.18 Å². The van der Waals surface area contributed by atoms with E-state index in [4.69, 9.17) is 0 Å². The predicted octanol–water partition coefficient (Wildman–Crippen LogP) is 4.14. The number of Topliss-reactive ketones (excluding diaryl/α,β-unsaturated/α-hetero) is 1. The van der Waals surface area contributed by atoms with Crippen LogP contribution in [0.3, 0.4) is 0 Å². The molecule has 0 N–H and O–H groups in total. The molecule has 0 saturated carbocycles. The summed E-state index contributed by atoms with van der Waals surface area (Å²) in [5.74, 6) is -0.0632. The van der Waals surface area contributed by atoms with E-state index in [1.165, 1.54) is 12.1 Å². The molecule has 0 bridgehead atoms. The molecule has 16 heavy (non-hydrogen) atoms. The number of halogens is 2. The molecule has 0 aliphatic rings. The molecular weight excluding hydrogens is 271 g/mol. The van der Waals surface area contributed by atoms with Crippen molar-refractivity contribution in [2.45, 2.75) is 33.1 Å². The Balaban J connectivity index is 2.69. The van der Waals surface area contributed by atoms with Gasteiger partial charge in [0.1, 0.15) is 11.6 Å². The lowest BCUT2D eigenvalue weighted by molar-refractivity contribution is -0.121. The van der Waals surface area contributed by atoms with E-state index in [9.17, 15) is 9.18 Å². The van der Waals surface area contributed by atoms with E-state index < -0.39 is 0 Å². The van der Waals surface area contributed by atoms with Crippen LogP contribution in [-0.4, -0.2) is 5.78 Å². The van der Waals surface area contributed by atoms with Gasteiger partial charge in [0.25, 0.3) is 0 Å². The first-order valence-electron chi connectivity index (χ1n) is 5.50. The summed E-state index contributed by atoms with van der Waals surface area (Å²) < 4.78 is 13.8. The van der Waals surface area contributed by atoms with E-state index in [0.29, 0.717) is 10.9 Å². The molecule has 0 radical (unpaired) electrons. The highest BCUT2D eigenvalue weighted by atomic mass is 79.9. The zero-order valence-electron chi connectivity index (χ0n) is 9.59. The van der Waals surface area contributed by atoms with Gasteiger partial charge in [-0.05, 0) is 30.2 Å². The average Bonchev–Trinajstić information content (AvgIpc) is 2.16. The molecule has 88 valence electrons. The lowest BCUT2D eigenvalue weighted by Crippen LogP contribution is -2.13. The van der Waals surface area contributed by atoms with Crippen molar-refractivity contribution in [1.29, 1.82) is 0 Å². The first-order valence-corrected chi connectivity index (χ1v) is 6.30. The van der Waals surface area contributed by atoms with Gasteiger partial charge in [-0.2, -0.15) is 0 Å². The van der Waals surface area contributed by atoms with Crippen molar-refractivity contribution in [2.75, 3.05) is 0 Å². The van der Waals surface area contributed by atoms with Gasteiger partial charge in [0.15, 0.2) is 0 Å². The number of carbonyl (C=O) groups excluding carboxylic acids is 1. The zero-order valence-corrected chi connectivity index (χ0v) is 11.2. The molecule has 0 saturated heterocycles. The fourth-order valence-electron chi connectivity index (χ4n) is 1.68. The fraction of sp³-hybridized carbons (Fsp3) is 0.462. The second kappa shape index (κ2) is 6.14. The summed E-state index contributed by atoms with van der Waals surface area (Å²) >= 11 is 3.22. The molecule has 0 spiro atoms. The molecule has 0 amide bonds. The van der Waals surface area contributed by atoms with Gasteiger partial charge < -0.3 is 0 Å². The van der Waals surface area contributed by atoms with E-state index in [1.54, 1.807) is 6.07 Å². The highest BCUT2D eigenvalue weighted by Crippen LogP contribution is 2.17. The summed E-state index contributed by atoms with van der Waals surface area (Å²) in [6, 6.07) is 4.60. The summed E-state index contributed by atoms with van der Waals surface area (Å²) in [5, 5.41) is 0. The third-order valence-electron chi connectivity index (χ3n) is 2.57. The van der Waals surface area contributed by atoms with Crippen LogP contribution in [0.15, 0.2) is 22.7 Å².